The third-order valence-electron chi connectivity index (χ3n) is 4.75. The standard InChI is InChI=1S/C21H22O2/c1-2-3-4-13-20-21-16-10-6-7-11-18(16)22-14-17(21)15-9-5-8-12-19(15)23-20/h5-12,20H,2-4,13-14H2,1H3/t20-/m1/s1. The molecule has 1 atom stereocenters. The molecule has 0 saturated carbocycles. The number of hydrogen-bond acceptors (Lipinski definition) is 2. The third kappa shape index (κ3) is 2.52. The van der Waals surface area contributed by atoms with Gasteiger partial charge in [-0.25, -0.2) is 0 Å². The van der Waals surface area contributed by atoms with Crippen molar-refractivity contribution in [3.63, 3.8) is 0 Å². The van der Waals surface area contributed by atoms with Crippen LogP contribution in [0.3, 0.4) is 0 Å². The van der Waals surface area contributed by atoms with Crippen molar-refractivity contribution < 1.29 is 9.47 Å². The van der Waals surface area contributed by atoms with Crippen LogP contribution in [0.2, 0.25) is 0 Å². The minimum absolute atomic E-state index is 0.136. The lowest BCUT2D eigenvalue weighted by atomic mass is 9.85. The number of benzene rings is 2. The topological polar surface area (TPSA) is 18.5 Å². The molecular weight excluding hydrogens is 284 g/mol. The largest absolute Gasteiger partial charge is 0.488 e. The SMILES string of the molecule is CCCCC[C@H]1Oc2ccccc2C2=C1c1ccccc1OC2. The molecule has 0 fully saturated rings. The summed E-state index contributed by atoms with van der Waals surface area (Å²) in [5.41, 5.74) is 5.02. The van der Waals surface area contributed by atoms with Crippen LogP contribution >= 0.6 is 0 Å². The van der Waals surface area contributed by atoms with Crippen LogP contribution in [0.1, 0.15) is 43.7 Å². The molecule has 2 nitrogen and oxygen atoms in total. The van der Waals surface area contributed by atoms with E-state index in [0.29, 0.717) is 6.61 Å². The monoisotopic (exact) mass is 306 g/mol. The summed E-state index contributed by atoms with van der Waals surface area (Å²) in [6, 6.07) is 16.7. The van der Waals surface area contributed by atoms with Crippen molar-refractivity contribution in [3.8, 4) is 11.5 Å². The first kappa shape index (κ1) is 14.4. The van der Waals surface area contributed by atoms with Gasteiger partial charge >= 0.3 is 0 Å². The quantitative estimate of drug-likeness (QED) is 0.711. The highest BCUT2D eigenvalue weighted by Gasteiger charge is 2.33. The molecule has 0 N–H and O–H groups in total. The number of fused-ring (bicyclic) bond motifs is 4. The Morgan fingerprint density at radius 2 is 1.65 bits per heavy atom. The van der Waals surface area contributed by atoms with Gasteiger partial charge in [0, 0.05) is 22.3 Å². The molecule has 0 saturated heterocycles. The Labute approximate surface area is 137 Å². The van der Waals surface area contributed by atoms with Gasteiger partial charge in [0.05, 0.1) is 0 Å². The van der Waals surface area contributed by atoms with E-state index in [2.05, 4.69) is 43.3 Å². The highest BCUT2D eigenvalue weighted by atomic mass is 16.5. The van der Waals surface area contributed by atoms with Crippen LogP contribution < -0.4 is 9.47 Å². The fourth-order valence-corrected chi connectivity index (χ4v) is 3.61. The maximum Gasteiger partial charge on any atom is 0.127 e. The Morgan fingerprint density at radius 1 is 0.913 bits per heavy atom. The zero-order valence-electron chi connectivity index (χ0n) is 13.5. The number of hydrogen-bond donors (Lipinski definition) is 0. The second kappa shape index (κ2) is 6.11. The molecule has 2 heterocycles. The summed E-state index contributed by atoms with van der Waals surface area (Å²) in [5.74, 6) is 1.98. The van der Waals surface area contributed by atoms with Gasteiger partial charge < -0.3 is 9.47 Å². The number of rotatable bonds is 4. The molecule has 0 spiro atoms. The maximum absolute atomic E-state index is 6.39. The summed E-state index contributed by atoms with van der Waals surface area (Å²) in [6.45, 7) is 2.88. The van der Waals surface area contributed by atoms with E-state index in [-0.39, 0.29) is 6.10 Å². The molecule has 0 aliphatic carbocycles. The first-order valence-corrected chi connectivity index (χ1v) is 8.59. The van der Waals surface area contributed by atoms with Crippen LogP contribution in [-0.2, 0) is 0 Å². The van der Waals surface area contributed by atoms with E-state index in [9.17, 15) is 0 Å². The fraction of sp³-hybridized carbons (Fsp3) is 0.333. The minimum Gasteiger partial charge on any atom is -0.488 e. The van der Waals surface area contributed by atoms with E-state index in [1.807, 2.05) is 12.1 Å². The van der Waals surface area contributed by atoms with Crippen molar-refractivity contribution in [1.82, 2.24) is 0 Å². The molecule has 0 radical (unpaired) electrons. The zero-order valence-corrected chi connectivity index (χ0v) is 13.5. The summed E-state index contributed by atoms with van der Waals surface area (Å²) in [4.78, 5) is 0. The van der Waals surface area contributed by atoms with Crippen LogP contribution in [-0.4, -0.2) is 12.7 Å². The Morgan fingerprint density at radius 3 is 2.48 bits per heavy atom. The Hall–Kier alpha value is -2.22. The van der Waals surface area contributed by atoms with E-state index in [1.54, 1.807) is 0 Å². The molecule has 2 heteroatoms. The molecule has 2 aliphatic rings. The zero-order chi connectivity index (χ0) is 15.6. The number of unbranched alkanes of at least 4 members (excludes halogenated alkanes) is 2. The molecular formula is C21H22O2. The average Bonchev–Trinajstić information content (AvgIpc) is 2.61. The molecule has 4 rings (SSSR count). The first-order valence-electron chi connectivity index (χ1n) is 8.59. The summed E-state index contributed by atoms with van der Waals surface area (Å²) < 4.78 is 12.4. The molecule has 23 heavy (non-hydrogen) atoms. The summed E-state index contributed by atoms with van der Waals surface area (Å²) in [7, 11) is 0. The highest BCUT2D eigenvalue weighted by molar-refractivity contribution is 5.98. The van der Waals surface area contributed by atoms with Gasteiger partial charge in [0.25, 0.3) is 0 Å². The maximum atomic E-state index is 6.39. The molecule has 0 unspecified atom stereocenters. The molecule has 0 aromatic heterocycles. The molecule has 0 amide bonds. The van der Waals surface area contributed by atoms with Gasteiger partial charge in [-0.1, -0.05) is 56.2 Å². The first-order chi connectivity index (χ1) is 11.4. The van der Waals surface area contributed by atoms with Gasteiger partial charge in [-0.3, -0.25) is 0 Å². The van der Waals surface area contributed by atoms with Crippen molar-refractivity contribution in [2.75, 3.05) is 6.61 Å². The Balaban J connectivity index is 1.81. The Kier molecular flexibility index (Phi) is 3.82. The van der Waals surface area contributed by atoms with Crippen LogP contribution in [0.5, 0.6) is 11.5 Å². The van der Waals surface area contributed by atoms with Crippen molar-refractivity contribution in [3.05, 3.63) is 59.7 Å². The smallest absolute Gasteiger partial charge is 0.127 e. The number of para-hydroxylation sites is 2. The van der Waals surface area contributed by atoms with E-state index in [0.717, 1.165) is 17.9 Å². The van der Waals surface area contributed by atoms with Crippen molar-refractivity contribution >= 4 is 11.1 Å². The molecule has 2 aromatic carbocycles. The third-order valence-corrected chi connectivity index (χ3v) is 4.75. The van der Waals surface area contributed by atoms with Gasteiger partial charge in [-0.15, -0.1) is 0 Å². The molecule has 2 aliphatic heterocycles. The van der Waals surface area contributed by atoms with Crippen LogP contribution in [0.4, 0.5) is 0 Å². The van der Waals surface area contributed by atoms with Gasteiger partial charge in [0.2, 0.25) is 0 Å². The summed E-state index contributed by atoms with van der Waals surface area (Å²) in [6.07, 6.45) is 4.88. The van der Waals surface area contributed by atoms with E-state index in [4.69, 9.17) is 9.47 Å². The lowest BCUT2D eigenvalue weighted by Crippen LogP contribution is -2.28. The second-order valence-electron chi connectivity index (χ2n) is 6.28. The normalized spacial score (nSPS) is 18.4. The second-order valence-corrected chi connectivity index (χ2v) is 6.28. The van der Waals surface area contributed by atoms with Crippen LogP contribution in [0.15, 0.2) is 48.5 Å². The summed E-state index contributed by atoms with van der Waals surface area (Å²) in [5, 5.41) is 0. The van der Waals surface area contributed by atoms with Gasteiger partial charge in [0.1, 0.15) is 24.2 Å². The minimum atomic E-state index is 0.136. The number of ether oxygens (including phenoxy) is 2. The predicted octanol–water partition coefficient (Wildman–Crippen LogP) is 5.33. The van der Waals surface area contributed by atoms with Crippen molar-refractivity contribution in [1.29, 1.82) is 0 Å². The van der Waals surface area contributed by atoms with Crippen LogP contribution in [0.25, 0.3) is 11.1 Å². The van der Waals surface area contributed by atoms with Crippen LogP contribution in [0, 0.1) is 0 Å². The Bertz CT molecular complexity index is 745. The van der Waals surface area contributed by atoms with E-state index in [1.165, 1.54) is 41.5 Å². The van der Waals surface area contributed by atoms with Gasteiger partial charge in [0.15, 0.2) is 0 Å². The lowest BCUT2D eigenvalue weighted by Gasteiger charge is -2.35. The highest BCUT2D eigenvalue weighted by Crippen LogP contribution is 2.46. The fourth-order valence-electron chi connectivity index (χ4n) is 3.61. The van der Waals surface area contributed by atoms with E-state index >= 15 is 0 Å². The predicted molar refractivity (Wildman–Crippen MR) is 93.8 cm³/mol. The molecule has 118 valence electrons. The molecule has 2 aromatic rings. The lowest BCUT2D eigenvalue weighted by molar-refractivity contribution is 0.233. The molecule has 0 bridgehead atoms. The van der Waals surface area contributed by atoms with Gasteiger partial charge in [-0.2, -0.15) is 0 Å². The average molecular weight is 306 g/mol. The van der Waals surface area contributed by atoms with Crippen molar-refractivity contribution in [2.45, 2.75) is 38.7 Å². The summed E-state index contributed by atoms with van der Waals surface area (Å²) >= 11 is 0. The van der Waals surface area contributed by atoms with Gasteiger partial charge in [-0.05, 0) is 25.0 Å². The van der Waals surface area contributed by atoms with Crippen molar-refractivity contribution in [2.24, 2.45) is 0 Å². The van der Waals surface area contributed by atoms with E-state index < -0.39 is 0 Å².